The fraction of sp³-hybridized carbons (Fsp3) is 0.400. The van der Waals surface area contributed by atoms with Crippen molar-refractivity contribution < 1.29 is 9.59 Å². The molecule has 0 saturated carbocycles. The van der Waals surface area contributed by atoms with Gasteiger partial charge in [0.05, 0.1) is 16.4 Å². The standard InChI is InChI=1S/C10H14N2O2S/c1-11(2)9(14)6-12(3)10-5-4-8(7-13)15-10/h4-5,7H,6H2,1-3H3. The number of thiophene rings is 1. The zero-order chi connectivity index (χ0) is 11.4. The van der Waals surface area contributed by atoms with E-state index in [-0.39, 0.29) is 5.91 Å². The molecular formula is C10H14N2O2S. The van der Waals surface area contributed by atoms with E-state index in [0.29, 0.717) is 11.4 Å². The van der Waals surface area contributed by atoms with Gasteiger partial charge in [-0.1, -0.05) is 0 Å². The largest absolute Gasteiger partial charge is 0.357 e. The molecule has 0 aromatic carbocycles. The lowest BCUT2D eigenvalue weighted by Gasteiger charge is -2.18. The summed E-state index contributed by atoms with van der Waals surface area (Å²) >= 11 is 1.38. The quantitative estimate of drug-likeness (QED) is 0.721. The minimum absolute atomic E-state index is 0.0403. The Morgan fingerprint density at radius 3 is 2.53 bits per heavy atom. The summed E-state index contributed by atoms with van der Waals surface area (Å²) in [5.74, 6) is 0.0403. The summed E-state index contributed by atoms with van der Waals surface area (Å²) in [7, 11) is 5.28. The summed E-state index contributed by atoms with van der Waals surface area (Å²) in [4.78, 5) is 26.0. The maximum atomic E-state index is 11.4. The summed E-state index contributed by atoms with van der Waals surface area (Å²) in [5.41, 5.74) is 0. The number of carbonyl (C=O) groups excluding carboxylic acids is 2. The van der Waals surface area contributed by atoms with Gasteiger partial charge in [-0.15, -0.1) is 11.3 Å². The summed E-state index contributed by atoms with van der Waals surface area (Å²) in [6.45, 7) is 0.325. The van der Waals surface area contributed by atoms with Crippen molar-refractivity contribution in [3.63, 3.8) is 0 Å². The van der Waals surface area contributed by atoms with Gasteiger partial charge in [0.1, 0.15) is 0 Å². The van der Waals surface area contributed by atoms with Crippen LogP contribution in [0, 0.1) is 0 Å². The van der Waals surface area contributed by atoms with Crippen LogP contribution in [0.2, 0.25) is 0 Å². The van der Waals surface area contributed by atoms with Crippen LogP contribution >= 0.6 is 11.3 Å². The van der Waals surface area contributed by atoms with Crippen LogP contribution in [0.15, 0.2) is 12.1 Å². The number of amides is 1. The van der Waals surface area contributed by atoms with Gasteiger partial charge in [0, 0.05) is 21.1 Å². The molecule has 1 rings (SSSR count). The Morgan fingerprint density at radius 2 is 2.07 bits per heavy atom. The first-order valence-corrected chi connectivity index (χ1v) is 5.32. The second-order valence-electron chi connectivity index (χ2n) is 3.44. The Labute approximate surface area is 93.1 Å². The zero-order valence-electron chi connectivity index (χ0n) is 9.06. The number of rotatable bonds is 4. The van der Waals surface area contributed by atoms with Gasteiger partial charge >= 0.3 is 0 Å². The van der Waals surface area contributed by atoms with Gasteiger partial charge in [-0.3, -0.25) is 9.59 Å². The third-order valence-electron chi connectivity index (χ3n) is 1.98. The van der Waals surface area contributed by atoms with E-state index in [1.807, 2.05) is 18.0 Å². The van der Waals surface area contributed by atoms with Gasteiger partial charge in [0.2, 0.25) is 5.91 Å². The van der Waals surface area contributed by atoms with Crippen LogP contribution in [0.1, 0.15) is 9.67 Å². The molecule has 1 heterocycles. The smallest absolute Gasteiger partial charge is 0.241 e. The molecule has 5 heteroatoms. The molecular weight excluding hydrogens is 212 g/mol. The van der Waals surface area contributed by atoms with Gasteiger partial charge in [0.25, 0.3) is 0 Å². The number of anilines is 1. The van der Waals surface area contributed by atoms with E-state index in [1.54, 1.807) is 25.1 Å². The van der Waals surface area contributed by atoms with Crippen molar-refractivity contribution in [3.05, 3.63) is 17.0 Å². The van der Waals surface area contributed by atoms with Crippen LogP contribution in [-0.4, -0.2) is 44.8 Å². The molecule has 0 fully saturated rings. The number of carbonyl (C=O) groups is 2. The molecule has 15 heavy (non-hydrogen) atoms. The molecule has 0 aliphatic heterocycles. The minimum Gasteiger partial charge on any atom is -0.357 e. The monoisotopic (exact) mass is 226 g/mol. The van der Waals surface area contributed by atoms with Crippen molar-refractivity contribution in [2.24, 2.45) is 0 Å². The predicted octanol–water partition coefficient (Wildman–Crippen LogP) is 1.08. The topological polar surface area (TPSA) is 40.6 Å². The number of nitrogens with zero attached hydrogens (tertiary/aromatic N) is 2. The first-order chi connectivity index (χ1) is 7.04. The number of likely N-dealkylation sites (N-methyl/N-ethyl adjacent to an activating group) is 2. The molecule has 1 aromatic heterocycles. The number of hydrogen-bond donors (Lipinski definition) is 0. The lowest BCUT2D eigenvalue weighted by atomic mass is 10.4. The Bertz CT molecular complexity index is 360. The first kappa shape index (κ1) is 11.7. The maximum absolute atomic E-state index is 11.4. The molecule has 0 atom stereocenters. The Morgan fingerprint density at radius 1 is 1.40 bits per heavy atom. The van der Waals surface area contributed by atoms with Crippen LogP contribution in [0.3, 0.4) is 0 Å². The lowest BCUT2D eigenvalue weighted by Crippen LogP contribution is -2.33. The molecule has 0 N–H and O–H groups in total. The molecule has 0 saturated heterocycles. The summed E-state index contributed by atoms with van der Waals surface area (Å²) in [6, 6.07) is 3.60. The van der Waals surface area contributed by atoms with E-state index in [4.69, 9.17) is 0 Å². The third kappa shape index (κ3) is 3.06. The third-order valence-corrected chi connectivity index (χ3v) is 3.10. The molecule has 0 aliphatic carbocycles. The van der Waals surface area contributed by atoms with Crippen molar-refractivity contribution in [1.29, 1.82) is 0 Å². The van der Waals surface area contributed by atoms with E-state index < -0.39 is 0 Å². The molecule has 0 aliphatic rings. The lowest BCUT2D eigenvalue weighted by molar-refractivity contribution is -0.127. The molecule has 4 nitrogen and oxygen atoms in total. The maximum Gasteiger partial charge on any atom is 0.241 e. The van der Waals surface area contributed by atoms with Crippen LogP contribution < -0.4 is 4.90 Å². The zero-order valence-corrected chi connectivity index (χ0v) is 9.87. The average molecular weight is 226 g/mol. The van der Waals surface area contributed by atoms with Crippen molar-refractivity contribution in [3.8, 4) is 0 Å². The number of hydrogen-bond acceptors (Lipinski definition) is 4. The van der Waals surface area contributed by atoms with E-state index in [2.05, 4.69) is 0 Å². The molecule has 0 radical (unpaired) electrons. The van der Waals surface area contributed by atoms with Crippen molar-refractivity contribution in [1.82, 2.24) is 4.90 Å². The highest BCUT2D eigenvalue weighted by Crippen LogP contribution is 2.23. The van der Waals surface area contributed by atoms with Crippen LogP contribution in [0.5, 0.6) is 0 Å². The molecule has 1 amide bonds. The average Bonchev–Trinajstić information content (AvgIpc) is 2.65. The van der Waals surface area contributed by atoms with Crippen LogP contribution in [-0.2, 0) is 4.79 Å². The Hall–Kier alpha value is -1.36. The van der Waals surface area contributed by atoms with Gasteiger partial charge in [0.15, 0.2) is 6.29 Å². The highest BCUT2D eigenvalue weighted by atomic mass is 32.1. The Balaban J connectivity index is 2.64. The summed E-state index contributed by atoms with van der Waals surface area (Å²) < 4.78 is 0. The number of aldehydes is 1. The van der Waals surface area contributed by atoms with Crippen LogP contribution in [0.4, 0.5) is 5.00 Å². The highest BCUT2D eigenvalue weighted by molar-refractivity contribution is 7.17. The van der Waals surface area contributed by atoms with E-state index in [1.165, 1.54) is 11.3 Å². The molecule has 0 unspecified atom stereocenters. The Kier molecular flexibility index (Phi) is 3.85. The second-order valence-corrected chi connectivity index (χ2v) is 4.53. The van der Waals surface area contributed by atoms with Gasteiger partial charge < -0.3 is 9.80 Å². The molecule has 0 spiro atoms. The van der Waals surface area contributed by atoms with Crippen molar-refractivity contribution >= 4 is 28.5 Å². The molecule has 1 aromatic rings. The van der Waals surface area contributed by atoms with E-state index in [0.717, 1.165) is 11.3 Å². The van der Waals surface area contributed by atoms with Gasteiger partial charge in [-0.05, 0) is 12.1 Å². The highest BCUT2D eigenvalue weighted by Gasteiger charge is 2.10. The predicted molar refractivity (Wildman–Crippen MR) is 61.7 cm³/mol. The van der Waals surface area contributed by atoms with Gasteiger partial charge in [-0.2, -0.15) is 0 Å². The second kappa shape index (κ2) is 4.93. The fourth-order valence-electron chi connectivity index (χ4n) is 1.03. The SMILES string of the molecule is CN(C)C(=O)CN(C)c1ccc(C=O)s1. The van der Waals surface area contributed by atoms with E-state index >= 15 is 0 Å². The summed E-state index contributed by atoms with van der Waals surface area (Å²) in [6.07, 6.45) is 0.815. The van der Waals surface area contributed by atoms with Crippen molar-refractivity contribution in [2.45, 2.75) is 0 Å². The van der Waals surface area contributed by atoms with E-state index in [9.17, 15) is 9.59 Å². The fourth-order valence-corrected chi connectivity index (χ4v) is 1.82. The summed E-state index contributed by atoms with van der Waals surface area (Å²) in [5, 5.41) is 0.923. The normalized spacial score (nSPS) is 9.80. The molecule has 0 bridgehead atoms. The van der Waals surface area contributed by atoms with Crippen LogP contribution in [0.25, 0.3) is 0 Å². The minimum atomic E-state index is 0.0403. The van der Waals surface area contributed by atoms with Crippen molar-refractivity contribution in [2.75, 3.05) is 32.6 Å². The van der Waals surface area contributed by atoms with Gasteiger partial charge in [-0.25, -0.2) is 0 Å². The first-order valence-electron chi connectivity index (χ1n) is 4.51. The molecule has 82 valence electrons.